The second-order valence-electron chi connectivity index (χ2n) is 8.81. The summed E-state index contributed by atoms with van der Waals surface area (Å²) in [7, 11) is 3.23. The number of rotatable bonds is 14. The van der Waals surface area contributed by atoms with Crippen molar-refractivity contribution in [2.24, 2.45) is 5.73 Å². The average molecular weight is 489 g/mol. The molecule has 36 heavy (non-hydrogen) atoms. The number of methoxy groups -OCH3 is 2. The summed E-state index contributed by atoms with van der Waals surface area (Å²) in [6.07, 6.45) is 3.49. The highest BCUT2D eigenvalue weighted by Gasteiger charge is 2.15. The Morgan fingerprint density at radius 3 is 1.94 bits per heavy atom. The Morgan fingerprint density at radius 2 is 1.31 bits per heavy atom. The van der Waals surface area contributed by atoms with E-state index in [-0.39, 0.29) is 11.8 Å². The highest BCUT2D eigenvalue weighted by molar-refractivity contribution is 5.76. The minimum atomic E-state index is -0.327. The Labute approximate surface area is 214 Å². The van der Waals surface area contributed by atoms with E-state index in [1.807, 2.05) is 41.3 Å². The number of carbonyl (C=O) groups is 2. The van der Waals surface area contributed by atoms with Crippen LogP contribution in [0.25, 0.3) is 11.1 Å². The van der Waals surface area contributed by atoms with Gasteiger partial charge in [-0.1, -0.05) is 60.7 Å². The summed E-state index contributed by atoms with van der Waals surface area (Å²) >= 11 is 0. The third-order valence-electron chi connectivity index (χ3n) is 6.27. The van der Waals surface area contributed by atoms with Crippen molar-refractivity contribution in [1.29, 1.82) is 0 Å². The first-order valence-electron chi connectivity index (χ1n) is 12.4. The van der Waals surface area contributed by atoms with Gasteiger partial charge in [-0.3, -0.25) is 9.59 Å². The lowest BCUT2D eigenvalue weighted by atomic mass is 10.0. The Balaban J connectivity index is 1.63. The topological polar surface area (TPSA) is 81.9 Å². The first-order valence-corrected chi connectivity index (χ1v) is 12.4. The molecule has 2 amide bonds. The molecule has 0 radical (unpaired) electrons. The van der Waals surface area contributed by atoms with Crippen molar-refractivity contribution in [3.8, 4) is 22.6 Å². The molecule has 0 saturated carbocycles. The lowest BCUT2D eigenvalue weighted by Gasteiger charge is -2.23. The number of nitrogens with two attached hydrogens (primary N) is 1. The molecule has 0 aromatic heterocycles. The van der Waals surface area contributed by atoms with Crippen LogP contribution >= 0.6 is 0 Å². The fourth-order valence-corrected chi connectivity index (χ4v) is 4.15. The van der Waals surface area contributed by atoms with Crippen LogP contribution in [-0.2, 0) is 22.4 Å². The minimum absolute atomic E-state index is 0.0980. The van der Waals surface area contributed by atoms with Gasteiger partial charge in [-0.05, 0) is 60.1 Å². The number of nitrogens with zero attached hydrogens (tertiary/aromatic N) is 1. The zero-order valence-electron chi connectivity index (χ0n) is 21.2. The predicted molar refractivity (Wildman–Crippen MR) is 143 cm³/mol. The Morgan fingerprint density at radius 1 is 0.722 bits per heavy atom. The van der Waals surface area contributed by atoms with E-state index in [0.717, 1.165) is 12.0 Å². The summed E-state index contributed by atoms with van der Waals surface area (Å²) in [6, 6.07) is 24.6. The van der Waals surface area contributed by atoms with Crippen molar-refractivity contribution in [1.82, 2.24) is 4.90 Å². The normalized spacial score (nSPS) is 10.6. The number of ether oxygens (including phenoxy) is 2. The number of amides is 2. The molecule has 0 fully saturated rings. The highest BCUT2D eigenvalue weighted by Crippen LogP contribution is 2.28. The fourth-order valence-electron chi connectivity index (χ4n) is 4.15. The molecule has 0 aliphatic carbocycles. The zero-order chi connectivity index (χ0) is 25.8. The van der Waals surface area contributed by atoms with Crippen molar-refractivity contribution in [3.05, 3.63) is 83.9 Å². The number of primary amides is 1. The van der Waals surface area contributed by atoms with Crippen LogP contribution in [0, 0.1) is 0 Å². The van der Waals surface area contributed by atoms with Crippen LogP contribution in [0.15, 0.2) is 72.8 Å². The van der Waals surface area contributed by atoms with Crippen molar-refractivity contribution in [2.45, 2.75) is 38.5 Å². The molecule has 0 atom stereocenters. The molecule has 0 bridgehead atoms. The molecule has 6 heteroatoms. The van der Waals surface area contributed by atoms with Gasteiger partial charge in [-0.2, -0.15) is 0 Å². The van der Waals surface area contributed by atoms with E-state index in [1.165, 1.54) is 16.7 Å². The molecule has 0 aliphatic heterocycles. The van der Waals surface area contributed by atoms with Crippen LogP contribution in [0.4, 0.5) is 0 Å². The molecule has 0 aliphatic rings. The van der Waals surface area contributed by atoms with Gasteiger partial charge in [0.25, 0.3) is 0 Å². The standard InChI is InChI=1S/C30H36N2O4/c1-35-27-17-14-24(22-28(27)36-2)19-21-32(30(34)11-7-6-10-29(31)33)20-18-23-12-15-26(16-13-23)25-8-4-3-5-9-25/h3-5,8-9,12-17,22H,6-7,10-11,18-21H2,1-2H3,(H2,31,33). The molecule has 2 N–H and O–H groups in total. The van der Waals surface area contributed by atoms with Gasteiger partial charge in [0.2, 0.25) is 11.8 Å². The quantitative estimate of drug-likeness (QED) is 0.323. The molecular formula is C30H36N2O4. The van der Waals surface area contributed by atoms with Crippen LogP contribution in [0.1, 0.15) is 36.8 Å². The Kier molecular flexibility index (Phi) is 10.4. The second-order valence-corrected chi connectivity index (χ2v) is 8.81. The molecule has 0 heterocycles. The first kappa shape index (κ1) is 26.8. The van der Waals surface area contributed by atoms with Crippen LogP contribution < -0.4 is 15.2 Å². The van der Waals surface area contributed by atoms with Crippen LogP contribution in [-0.4, -0.2) is 44.0 Å². The number of unbranched alkanes of at least 4 members (excludes halogenated alkanes) is 1. The molecular weight excluding hydrogens is 452 g/mol. The van der Waals surface area contributed by atoms with Gasteiger partial charge in [-0.15, -0.1) is 0 Å². The fraction of sp³-hybridized carbons (Fsp3) is 0.333. The van der Waals surface area contributed by atoms with Gasteiger partial charge in [0.05, 0.1) is 14.2 Å². The highest BCUT2D eigenvalue weighted by atomic mass is 16.5. The monoisotopic (exact) mass is 488 g/mol. The average Bonchev–Trinajstić information content (AvgIpc) is 2.91. The summed E-state index contributed by atoms with van der Waals surface area (Å²) < 4.78 is 10.7. The van der Waals surface area contributed by atoms with Gasteiger partial charge >= 0.3 is 0 Å². The van der Waals surface area contributed by atoms with Gasteiger partial charge in [0.15, 0.2) is 11.5 Å². The molecule has 6 nitrogen and oxygen atoms in total. The summed E-state index contributed by atoms with van der Waals surface area (Å²) in [6.45, 7) is 1.23. The van der Waals surface area contributed by atoms with E-state index < -0.39 is 0 Å². The molecule has 3 aromatic rings. The molecule has 0 spiro atoms. The predicted octanol–water partition coefficient (Wildman–Crippen LogP) is 5.03. The van der Waals surface area contributed by atoms with Gasteiger partial charge in [-0.25, -0.2) is 0 Å². The molecule has 3 aromatic carbocycles. The van der Waals surface area contributed by atoms with Crippen molar-refractivity contribution < 1.29 is 19.1 Å². The Bertz CT molecular complexity index is 1110. The lowest BCUT2D eigenvalue weighted by Crippen LogP contribution is -2.34. The van der Waals surface area contributed by atoms with Gasteiger partial charge in [0.1, 0.15) is 0 Å². The van der Waals surface area contributed by atoms with Crippen molar-refractivity contribution in [3.63, 3.8) is 0 Å². The first-order chi connectivity index (χ1) is 17.5. The van der Waals surface area contributed by atoms with E-state index in [4.69, 9.17) is 15.2 Å². The zero-order valence-corrected chi connectivity index (χ0v) is 21.2. The number of benzene rings is 3. The lowest BCUT2D eigenvalue weighted by molar-refractivity contribution is -0.131. The maximum Gasteiger partial charge on any atom is 0.222 e. The Hall–Kier alpha value is -3.80. The minimum Gasteiger partial charge on any atom is -0.493 e. The van der Waals surface area contributed by atoms with E-state index in [0.29, 0.717) is 56.7 Å². The van der Waals surface area contributed by atoms with E-state index >= 15 is 0 Å². The smallest absolute Gasteiger partial charge is 0.222 e. The SMILES string of the molecule is COc1ccc(CCN(CCc2ccc(-c3ccccc3)cc2)C(=O)CCCCC(N)=O)cc1OC. The summed E-state index contributed by atoms with van der Waals surface area (Å²) in [4.78, 5) is 26.0. The van der Waals surface area contributed by atoms with E-state index in [1.54, 1.807) is 14.2 Å². The van der Waals surface area contributed by atoms with Crippen molar-refractivity contribution in [2.75, 3.05) is 27.3 Å². The van der Waals surface area contributed by atoms with E-state index in [9.17, 15) is 9.59 Å². The number of hydrogen-bond acceptors (Lipinski definition) is 4. The molecule has 190 valence electrons. The van der Waals surface area contributed by atoms with Crippen LogP contribution in [0.2, 0.25) is 0 Å². The third-order valence-corrected chi connectivity index (χ3v) is 6.27. The summed E-state index contributed by atoms with van der Waals surface area (Å²) in [5, 5.41) is 0. The maximum atomic E-state index is 13.1. The van der Waals surface area contributed by atoms with E-state index in [2.05, 4.69) is 36.4 Å². The number of carbonyl (C=O) groups excluding carboxylic acids is 2. The van der Waals surface area contributed by atoms with Gasteiger partial charge < -0.3 is 20.1 Å². The molecule has 0 saturated heterocycles. The summed E-state index contributed by atoms with van der Waals surface area (Å²) in [5.41, 5.74) is 9.86. The van der Waals surface area contributed by atoms with Crippen LogP contribution in [0.5, 0.6) is 11.5 Å². The van der Waals surface area contributed by atoms with Crippen LogP contribution in [0.3, 0.4) is 0 Å². The summed E-state index contributed by atoms with van der Waals surface area (Å²) in [5.74, 6) is 1.13. The largest absolute Gasteiger partial charge is 0.493 e. The second kappa shape index (κ2) is 13.9. The third kappa shape index (κ3) is 8.15. The number of hydrogen-bond donors (Lipinski definition) is 1. The maximum absolute atomic E-state index is 13.1. The van der Waals surface area contributed by atoms with Gasteiger partial charge in [0, 0.05) is 25.9 Å². The molecule has 3 rings (SSSR count). The molecule has 0 unspecified atom stereocenters. The van der Waals surface area contributed by atoms with Crippen molar-refractivity contribution >= 4 is 11.8 Å².